The molecular weight excluding hydrogens is 580 g/mol. The van der Waals surface area contributed by atoms with Crippen molar-refractivity contribution in [3.8, 4) is 5.75 Å². The molecule has 238 valence electrons. The van der Waals surface area contributed by atoms with Crippen LogP contribution in [0, 0.1) is 0 Å². The highest BCUT2D eigenvalue weighted by Crippen LogP contribution is 2.37. The third kappa shape index (κ3) is 8.75. The number of esters is 1. The second kappa shape index (κ2) is 14.8. The van der Waals surface area contributed by atoms with Crippen LogP contribution in [0.3, 0.4) is 0 Å². The van der Waals surface area contributed by atoms with E-state index in [0.717, 1.165) is 27.8 Å². The van der Waals surface area contributed by atoms with E-state index >= 15 is 0 Å². The quantitative estimate of drug-likeness (QED) is 0.202. The Balaban J connectivity index is 1.42. The van der Waals surface area contributed by atoms with Crippen molar-refractivity contribution in [2.45, 2.75) is 64.5 Å². The molecule has 0 spiro atoms. The molecule has 0 aliphatic carbocycles. The lowest BCUT2D eigenvalue weighted by atomic mass is 9.85. The number of hydrogen-bond acceptors (Lipinski definition) is 6. The minimum atomic E-state index is -0.894. The maximum absolute atomic E-state index is 14.0. The van der Waals surface area contributed by atoms with E-state index in [1.54, 1.807) is 25.7 Å². The first-order chi connectivity index (χ1) is 22.2. The summed E-state index contributed by atoms with van der Waals surface area (Å²) in [5.74, 6) is -0.217. The molecule has 8 heteroatoms. The largest absolute Gasteiger partial charge is 0.489 e. The maximum Gasteiger partial charge on any atom is 0.408 e. The van der Waals surface area contributed by atoms with Crippen LogP contribution in [0.5, 0.6) is 5.75 Å². The number of hydrogen-bond donors (Lipinski definition) is 1. The number of amides is 2. The Hall–Kier alpha value is -5.11. The summed E-state index contributed by atoms with van der Waals surface area (Å²) in [4.78, 5) is 41.8. The van der Waals surface area contributed by atoms with Gasteiger partial charge in [0.15, 0.2) is 0 Å². The summed E-state index contributed by atoms with van der Waals surface area (Å²) in [6, 6.07) is 33.6. The third-order valence-corrected chi connectivity index (χ3v) is 7.64. The van der Waals surface area contributed by atoms with Crippen molar-refractivity contribution < 1.29 is 28.6 Å². The number of carbonyl (C=O) groups is 3. The smallest absolute Gasteiger partial charge is 0.408 e. The zero-order valence-electron chi connectivity index (χ0n) is 26.5. The minimum Gasteiger partial charge on any atom is -0.489 e. The second-order valence-corrected chi connectivity index (χ2v) is 12.3. The van der Waals surface area contributed by atoms with Crippen molar-refractivity contribution >= 4 is 18.0 Å². The molecule has 0 saturated carbocycles. The van der Waals surface area contributed by atoms with Gasteiger partial charge in [0.25, 0.3) is 0 Å². The standard InChI is InChI=1S/C38H40N2O6/c1-38(2,3)46-37(43)39-24-35(41)40-33(22-29-17-12-19-31(21-29)44-25-27-13-6-4-7-14-27)32-20-11-10-18-30(32)23-34(40)36(42)45-26-28-15-8-5-9-16-28/h4-21,33-34H,22-26H2,1-3H3,(H,39,43)/t33-,34+/m1/s1. The van der Waals surface area contributed by atoms with Gasteiger partial charge in [0, 0.05) is 6.42 Å². The third-order valence-electron chi connectivity index (χ3n) is 7.64. The number of nitrogens with zero attached hydrogens (tertiary/aromatic N) is 1. The molecule has 0 saturated heterocycles. The van der Waals surface area contributed by atoms with Gasteiger partial charge in [-0.15, -0.1) is 0 Å². The predicted octanol–water partition coefficient (Wildman–Crippen LogP) is 6.57. The van der Waals surface area contributed by atoms with Gasteiger partial charge in [0.2, 0.25) is 5.91 Å². The van der Waals surface area contributed by atoms with E-state index in [9.17, 15) is 14.4 Å². The molecule has 4 aromatic rings. The summed E-state index contributed by atoms with van der Waals surface area (Å²) in [5.41, 5.74) is 4.02. The number of benzene rings is 4. The second-order valence-electron chi connectivity index (χ2n) is 12.3. The van der Waals surface area contributed by atoms with Crippen LogP contribution in [0.1, 0.15) is 54.6 Å². The van der Waals surface area contributed by atoms with Crippen LogP contribution in [0.2, 0.25) is 0 Å². The summed E-state index contributed by atoms with van der Waals surface area (Å²) in [7, 11) is 0. The monoisotopic (exact) mass is 620 g/mol. The van der Waals surface area contributed by atoms with Crippen molar-refractivity contribution in [3.05, 3.63) is 137 Å². The van der Waals surface area contributed by atoms with Crippen LogP contribution in [-0.4, -0.2) is 41.1 Å². The van der Waals surface area contributed by atoms with Crippen LogP contribution in [0.25, 0.3) is 0 Å². The first kappa shape index (κ1) is 32.3. The fourth-order valence-corrected chi connectivity index (χ4v) is 5.58. The van der Waals surface area contributed by atoms with Gasteiger partial charge >= 0.3 is 12.1 Å². The molecule has 5 rings (SSSR count). The molecule has 2 atom stereocenters. The van der Waals surface area contributed by atoms with Crippen LogP contribution in [0.15, 0.2) is 109 Å². The summed E-state index contributed by atoms with van der Waals surface area (Å²) in [6.07, 6.45) is 0.0000872. The first-order valence-electron chi connectivity index (χ1n) is 15.5. The SMILES string of the molecule is CC(C)(C)OC(=O)NCC(=O)N1[C@H](Cc2cccc(OCc3ccccc3)c2)c2ccccc2C[C@H]1C(=O)OCc1ccccc1. The van der Waals surface area contributed by atoms with Gasteiger partial charge in [-0.05, 0) is 67.1 Å². The number of rotatable bonds is 10. The number of carbonyl (C=O) groups excluding carboxylic acids is 3. The first-order valence-corrected chi connectivity index (χ1v) is 15.5. The van der Waals surface area contributed by atoms with E-state index in [4.69, 9.17) is 14.2 Å². The molecular formula is C38H40N2O6. The fraction of sp³-hybridized carbons (Fsp3) is 0.289. The Labute approximate surface area is 270 Å². The van der Waals surface area contributed by atoms with Crippen molar-refractivity contribution in [3.63, 3.8) is 0 Å². The molecule has 0 radical (unpaired) electrons. The van der Waals surface area contributed by atoms with E-state index in [1.165, 1.54) is 0 Å². The van der Waals surface area contributed by atoms with Crippen molar-refractivity contribution in [1.82, 2.24) is 10.2 Å². The van der Waals surface area contributed by atoms with Crippen molar-refractivity contribution in [2.24, 2.45) is 0 Å². The normalized spacial score (nSPS) is 15.8. The highest BCUT2D eigenvalue weighted by Gasteiger charge is 2.42. The molecule has 0 fully saturated rings. The minimum absolute atomic E-state index is 0.0848. The summed E-state index contributed by atoms with van der Waals surface area (Å²) in [5, 5.41) is 2.58. The number of nitrogens with one attached hydrogen (secondary N) is 1. The molecule has 1 aliphatic heterocycles. The lowest BCUT2D eigenvalue weighted by molar-refractivity contribution is -0.159. The lowest BCUT2D eigenvalue weighted by Gasteiger charge is -2.42. The molecule has 0 aromatic heterocycles. The van der Waals surface area contributed by atoms with Gasteiger partial charge in [0.1, 0.15) is 37.2 Å². The van der Waals surface area contributed by atoms with Crippen LogP contribution >= 0.6 is 0 Å². The van der Waals surface area contributed by atoms with E-state index < -0.39 is 35.7 Å². The van der Waals surface area contributed by atoms with E-state index in [-0.39, 0.29) is 13.2 Å². The molecule has 0 unspecified atom stereocenters. The Bertz CT molecular complexity index is 1630. The van der Waals surface area contributed by atoms with E-state index in [0.29, 0.717) is 25.2 Å². The van der Waals surface area contributed by atoms with Gasteiger partial charge in [-0.3, -0.25) is 4.79 Å². The maximum atomic E-state index is 14.0. The zero-order chi connectivity index (χ0) is 32.5. The Morgan fingerprint density at radius 1 is 0.783 bits per heavy atom. The van der Waals surface area contributed by atoms with Crippen molar-refractivity contribution in [2.75, 3.05) is 6.54 Å². The van der Waals surface area contributed by atoms with Gasteiger partial charge in [-0.1, -0.05) is 97.1 Å². The molecule has 1 N–H and O–H groups in total. The molecule has 4 aromatic carbocycles. The number of ether oxygens (including phenoxy) is 3. The van der Waals surface area contributed by atoms with Gasteiger partial charge in [-0.2, -0.15) is 0 Å². The van der Waals surface area contributed by atoms with Gasteiger partial charge < -0.3 is 24.4 Å². The number of fused-ring (bicyclic) bond motifs is 1. The highest BCUT2D eigenvalue weighted by molar-refractivity contribution is 5.88. The molecule has 8 nitrogen and oxygen atoms in total. The predicted molar refractivity (Wildman–Crippen MR) is 175 cm³/mol. The molecule has 1 aliphatic rings. The topological polar surface area (TPSA) is 94.2 Å². The van der Waals surface area contributed by atoms with E-state index in [1.807, 2.05) is 109 Å². The Morgan fingerprint density at radius 2 is 1.41 bits per heavy atom. The van der Waals surface area contributed by atoms with Gasteiger partial charge in [0.05, 0.1) is 6.04 Å². The van der Waals surface area contributed by atoms with Gasteiger partial charge in [-0.25, -0.2) is 9.59 Å². The Morgan fingerprint density at radius 3 is 2.11 bits per heavy atom. The Kier molecular flexibility index (Phi) is 10.4. The summed E-state index contributed by atoms with van der Waals surface area (Å²) >= 11 is 0. The average molecular weight is 621 g/mol. The summed E-state index contributed by atoms with van der Waals surface area (Å²) < 4.78 is 17.2. The molecule has 1 heterocycles. The van der Waals surface area contributed by atoms with E-state index in [2.05, 4.69) is 5.32 Å². The fourth-order valence-electron chi connectivity index (χ4n) is 5.58. The average Bonchev–Trinajstić information content (AvgIpc) is 3.05. The molecule has 46 heavy (non-hydrogen) atoms. The van der Waals surface area contributed by atoms with Crippen LogP contribution < -0.4 is 10.1 Å². The van der Waals surface area contributed by atoms with Crippen LogP contribution in [0.4, 0.5) is 4.79 Å². The zero-order valence-corrected chi connectivity index (χ0v) is 26.5. The number of alkyl carbamates (subject to hydrolysis) is 1. The van der Waals surface area contributed by atoms with Crippen LogP contribution in [-0.2, 0) is 45.1 Å². The lowest BCUT2D eigenvalue weighted by Crippen LogP contribution is -2.54. The highest BCUT2D eigenvalue weighted by atomic mass is 16.6. The molecule has 0 bridgehead atoms. The van der Waals surface area contributed by atoms with Crippen molar-refractivity contribution in [1.29, 1.82) is 0 Å². The molecule has 2 amide bonds. The summed E-state index contributed by atoms with van der Waals surface area (Å²) in [6.45, 7) is 5.43.